The van der Waals surface area contributed by atoms with E-state index in [-0.39, 0.29) is 12.2 Å². The highest BCUT2D eigenvalue weighted by atomic mass is 19.1. The molecule has 1 aliphatic heterocycles. The van der Waals surface area contributed by atoms with Crippen LogP contribution in [0.4, 0.5) is 10.2 Å². The van der Waals surface area contributed by atoms with E-state index in [0.29, 0.717) is 24.4 Å². The molecule has 26 heavy (non-hydrogen) atoms. The smallest absolute Gasteiger partial charge is 0.311 e. The fourth-order valence-corrected chi connectivity index (χ4v) is 3.86. The van der Waals surface area contributed by atoms with Crippen LogP contribution in [-0.4, -0.2) is 34.1 Å². The van der Waals surface area contributed by atoms with Crippen molar-refractivity contribution in [1.29, 1.82) is 0 Å². The molecule has 1 aromatic carbocycles. The Labute approximate surface area is 151 Å². The van der Waals surface area contributed by atoms with E-state index in [1.54, 1.807) is 24.5 Å². The lowest BCUT2D eigenvalue weighted by atomic mass is 9.75. The van der Waals surface area contributed by atoms with Crippen LogP contribution in [0.25, 0.3) is 0 Å². The number of carboxylic acids is 1. The number of aromatic nitrogens is 2. The van der Waals surface area contributed by atoms with E-state index >= 15 is 0 Å². The van der Waals surface area contributed by atoms with Crippen LogP contribution < -0.4 is 4.90 Å². The molecule has 1 saturated heterocycles. The standard InChI is InChI=1S/C20H22FN3O2/c21-16-5-2-1-4-15(16)11-20(19(25)26)8-3-9-24(12-20)18-10-17(14-6-7-14)22-13-23-18/h1-2,4-5,10,13-14H,3,6-9,11-12H2,(H,25,26)/t20-/m1/s1. The summed E-state index contributed by atoms with van der Waals surface area (Å²) in [6.07, 6.45) is 5.34. The first-order valence-electron chi connectivity index (χ1n) is 9.11. The normalized spacial score (nSPS) is 23.0. The number of halogens is 1. The molecular formula is C20H22FN3O2. The average Bonchev–Trinajstić information content (AvgIpc) is 3.49. The summed E-state index contributed by atoms with van der Waals surface area (Å²) in [4.78, 5) is 22.9. The lowest BCUT2D eigenvalue weighted by Gasteiger charge is -2.40. The molecule has 5 nitrogen and oxygen atoms in total. The number of piperidine rings is 1. The minimum Gasteiger partial charge on any atom is -0.481 e. The number of hydrogen-bond acceptors (Lipinski definition) is 4. The fourth-order valence-electron chi connectivity index (χ4n) is 3.86. The van der Waals surface area contributed by atoms with Crippen molar-refractivity contribution in [2.75, 3.05) is 18.0 Å². The van der Waals surface area contributed by atoms with Gasteiger partial charge in [0.1, 0.15) is 18.0 Å². The van der Waals surface area contributed by atoms with Crippen LogP contribution in [-0.2, 0) is 11.2 Å². The van der Waals surface area contributed by atoms with Gasteiger partial charge in [0.15, 0.2) is 0 Å². The van der Waals surface area contributed by atoms with Crippen LogP contribution in [0.5, 0.6) is 0 Å². The minimum absolute atomic E-state index is 0.187. The summed E-state index contributed by atoms with van der Waals surface area (Å²) >= 11 is 0. The molecule has 1 N–H and O–H groups in total. The summed E-state index contributed by atoms with van der Waals surface area (Å²) in [6.45, 7) is 1.09. The summed E-state index contributed by atoms with van der Waals surface area (Å²) in [5, 5.41) is 9.98. The molecule has 1 atom stereocenters. The number of carbonyl (C=O) groups is 1. The van der Waals surface area contributed by atoms with E-state index in [9.17, 15) is 14.3 Å². The highest BCUT2D eigenvalue weighted by Gasteiger charge is 2.43. The predicted octanol–water partition coefficient (Wildman–Crippen LogP) is 3.41. The summed E-state index contributed by atoms with van der Waals surface area (Å²) in [6, 6.07) is 8.42. The monoisotopic (exact) mass is 355 g/mol. The molecule has 1 aliphatic carbocycles. The maximum Gasteiger partial charge on any atom is 0.311 e. The molecule has 0 unspecified atom stereocenters. The van der Waals surface area contributed by atoms with Crippen molar-refractivity contribution in [3.8, 4) is 0 Å². The number of anilines is 1. The van der Waals surface area contributed by atoms with Crippen molar-refractivity contribution < 1.29 is 14.3 Å². The van der Waals surface area contributed by atoms with Crippen LogP contribution in [0.15, 0.2) is 36.7 Å². The summed E-state index contributed by atoms with van der Waals surface area (Å²) in [5.74, 6) is 0.0789. The molecule has 6 heteroatoms. The predicted molar refractivity (Wildman–Crippen MR) is 95.6 cm³/mol. The van der Waals surface area contributed by atoms with Crippen LogP contribution >= 0.6 is 0 Å². The van der Waals surface area contributed by atoms with Gasteiger partial charge in [0.25, 0.3) is 0 Å². The van der Waals surface area contributed by atoms with Crippen LogP contribution in [0, 0.1) is 11.2 Å². The maximum atomic E-state index is 14.1. The first kappa shape index (κ1) is 16.9. The Morgan fingerprint density at radius 3 is 2.85 bits per heavy atom. The summed E-state index contributed by atoms with van der Waals surface area (Å²) in [7, 11) is 0. The lowest BCUT2D eigenvalue weighted by molar-refractivity contribution is -0.149. The molecular weight excluding hydrogens is 333 g/mol. The van der Waals surface area contributed by atoms with Crippen molar-refractivity contribution in [2.24, 2.45) is 5.41 Å². The van der Waals surface area contributed by atoms with Crippen molar-refractivity contribution in [2.45, 2.75) is 38.0 Å². The van der Waals surface area contributed by atoms with E-state index in [2.05, 4.69) is 9.97 Å². The Morgan fingerprint density at radius 2 is 2.12 bits per heavy atom. The molecule has 0 bridgehead atoms. The molecule has 0 spiro atoms. The second kappa shape index (κ2) is 6.67. The molecule has 1 aromatic heterocycles. The first-order valence-corrected chi connectivity index (χ1v) is 9.11. The second-order valence-corrected chi connectivity index (χ2v) is 7.45. The van der Waals surface area contributed by atoms with Gasteiger partial charge < -0.3 is 10.0 Å². The molecule has 0 amide bonds. The number of benzene rings is 1. The second-order valence-electron chi connectivity index (χ2n) is 7.45. The van der Waals surface area contributed by atoms with Crippen LogP contribution in [0.1, 0.15) is 42.9 Å². The van der Waals surface area contributed by atoms with Gasteiger partial charge in [-0.05, 0) is 43.7 Å². The Kier molecular flexibility index (Phi) is 4.34. The quantitative estimate of drug-likeness (QED) is 0.890. The van der Waals surface area contributed by atoms with Gasteiger partial charge in [-0.15, -0.1) is 0 Å². The molecule has 2 fully saturated rings. The molecule has 1 saturated carbocycles. The zero-order chi connectivity index (χ0) is 18.1. The van der Waals surface area contributed by atoms with Crippen molar-refractivity contribution in [1.82, 2.24) is 9.97 Å². The van der Waals surface area contributed by atoms with Gasteiger partial charge in [-0.1, -0.05) is 18.2 Å². The Balaban J connectivity index is 1.61. The number of rotatable bonds is 5. The van der Waals surface area contributed by atoms with Gasteiger partial charge in [0.05, 0.1) is 5.41 Å². The molecule has 2 heterocycles. The summed E-state index contributed by atoms with van der Waals surface area (Å²) in [5.41, 5.74) is 0.485. The van der Waals surface area contributed by atoms with Gasteiger partial charge in [-0.2, -0.15) is 0 Å². The third kappa shape index (κ3) is 3.28. The van der Waals surface area contributed by atoms with Gasteiger partial charge in [-0.3, -0.25) is 4.79 Å². The molecule has 2 aromatic rings. The first-order chi connectivity index (χ1) is 12.6. The SMILES string of the molecule is O=C(O)[C@@]1(Cc2ccccc2F)CCCN(c2cc(C3CC3)ncn2)C1. The summed E-state index contributed by atoms with van der Waals surface area (Å²) < 4.78 is 14.1. The zero-order valence-electron chi connectivity index (χ0n) is 14.6. The third-order valence-corrected chi connectivity index (χ3v) is 5.51. The van der Waals surface area contributed by atoms with Crippen molar-refractivity contribution in [3.63, 3.8) is 0 Å². The lowest BCUT2D eigenvalue weighted by Crippen LogP contribution is -2.49. The van der Waals surface area contributed by atoms with Gasteiger partial charge in [-0.25, -0.2) is 14.4 Å². The Bertz CT molecular complexity index is 824. The van der Waals surface area contributed by atoms with Gasteiger partial charge in [0, 0.05) is 30.8 Å². The topological polar surface area (TPSA) is 66.3 Å². The largest absolute Gasteiger partial charge is 0.481 e. The van der Waals surface area contributed by atoms with Crippen molar-refractivity contribution in [3.05, 3.63) is 53.7 Å². The molecule has 2 aliphatic rings. The Morgan fingerprint density at radius 1 is 1.31 bits per heavy atom. The van der Waals surface area contributed by atoms with Crippen LogP contribution in [0.2, 0.25) is 0 Å². The highest BCUT2D eigenvalue weighted by molar-refractivity contribution is 5.76. The highest BCUT2D eigenvalue weighted by Crippen LogP contribution is 2.41. The fraction of sp³-hybridized carbons (Fsp3) is 0.450. The Hall–Kier alpha value is -2.50. The average molecular weight is 355 g/mol. The zero-order valence-corrected chi connectivity index (χ0v) is 14.6. The maximum absolute atomic E-state index is 14.1. The number of aliphatic carboxylic acids is 1. The number of carboxylic acid groups (broad SMARTS) is 1. The van der Waals surface area contributed by atoms with E-state index in [1.807, 2.05) is 11.0 Å². The van der Waals surface area contributed by atoms with Gasteiger partial charge in [0.2, 0.25) is 0 Å². The molecule has 136 valence electrons. The van der Waals surface area contributed by atoms with E-state index < -0.39 is 11.4 Å². The number of nitrogens with zero attached hydrogens (tertiary/aromatic N) is 3. The van der Waals surface area contributed by atoms with Gasteiger partial charge >= 0.3 is 5.97 Å². The third-order valence-electron chi connectivity index (χ3n) is 5.51. The van der Waals surface area contributed by atoms with Crippen LogP contribution in [0.3, 0.4) is 0 Å². The van der Waals surface area contributed by atoms with E-state index in [1.165, 1.54) is 6.07 Å². The minimum atomic E-state index is -1.01. The molecule has 4 rings (SSSR count). The molecule has 0 radical (unpaired) electrons. The van der Waals surface area contributed by atoms with Crippen molar-refractivity contribution >= 4 is 11.8 Å². The van der Waals surface area contributed by atoms with E-state index in [0.717, 1.165) is 37.3 Å². The van der Waals surface area contributed by atoms with E-state index in [4.69, 9.17) is 0 Å². The number of hydrogen-bond donors (Lipinski definition) is 1.